The van der Waals surface area contributed by atoms with Crippen LogP contribution >= 0.6 is 0 Å². The van der Waals surface area contributed by atoms with Crippen LogP contribution in [-0.2, 0) is 4.79 Å². The van der Waals surface area contributed by atoms with Crippen molar-refractivity contribution in [2.45, 2.75) is 25.8 Å². The molecule has 1 aliphatic heterocycles. The van der Waals surface area contributed by atoms with Gasteiger partial charge in [0.2, 0.25) is 5.91 Å². The summed E-state index contributed by atoms with van der Waals surface area (Å²) in [5, 5.41) is 7.54. The summed E-state index contributed by atoms with van der Waals surface area (Å²) in [7, 11) is 0. The molecule has 0 unspecified atom stereocenters. The number of benzene rings is 1. The van der Waals surface area contributed by atoms with Crippen molar-refractivity contribution < 1.29 is 4.79 Å². The van der Waals surface area contributed by atoms with Crippen LogP contribution in [-0.4, -0.2) is 26.7 Å². The van der Waals surface area contributed by atoms with E-state index in [1.54, 1.807) is 12.7 Å². The second kappa shape index (κ2) is 4.25. The van der Waals surface area contributed by atoms with Gasteiger partial charge >= 0.3 is 0 Å². The van der Waals surface area contributed by atoms with E-state index in [0.29, 0.717) is 12.5 Å². The molecule has 0 aliphatic carbocycles. The number of aromatic nitrogens is 3. The molecule has 1 aromatic carbocycles. The molecular weight excluding hydrogens is 228 g/mol. The van der Waals surface area contributed by atoms with Gasteiger partial charge in [0, 0.05) is 23.8 Å². The van der Waals surface area contributed by atoms with Gasteiger partial charge in [-0.3, -0.25) is 9.36 Å². The Hall–Kier alpha value is -2.17. The maximum Gasteiger partial charge on any atom is 0.227 e. The standard InChI is InChI=1S/C13H14N4O/c1-10-2-7-13(18)17(10)12-5-3-11(4-6-12)16-8-14-15-9-16/h3-6,8-10H,2,7H2,1H3/t10-/m1/s1. The van der Waals surface area contributed by atoms with E-state index in [9.17, 15) is 4.79 Å². The molecule has 2 aromatic rings. The fraction of sp³-hybridized carbons (Fsp3) is 0.308. The van der Waals surface area contributed by atoms with Crippen molar-refractivity contribution in [3.63, 3.8) is 0 Å². The lowest BCUT2D eigenvalue weighted by Gasteiger charge is -2.21. The third-order valence-electron chi connectivity index (χ3n) is 3.33. The van der Waals surface area contributed by atoms with Crippen LogP contribution < -0.4 is 4.90 Å². The van der Waals surface area contributed by atoms with Gasteiger partial charge in [-0.1, -0.05) is 0 Å². The van der Waals surface area contributed by atoms with Gasteiger partial charge in [-0.25, -0.2) is 0 Å². The van der Waals surface area contributed by atoms with Gasteiger partial charge in [0.1, 0.15) is 12.7 Å². The molecule has 0 spiro atoms. The van der Waals surface area contributed by atoms with E-state index in [0.717, 1.165) is 17.8 Å². The van der Waals surface area contributed by atoms with E-state index < -0.39 is 0 Å². The fourth-order valence-corrected chi connectivity index (χ4v) is 2.35. The van der Waals surface area contributed by atoms with Gasteiger partial charge < -0.3 is 4.90 Å². The number of nitrogens with zero attached hydrogens (tertiary/aromatic N) is 4. The van der Waals surface area contributed by atoms with Gasteiger partial charge in [-0.05, 0) is 37.6 Å². The summed E-state index contributed by atoms with van der Waals surface area (Å²) >= 11 is 0. The van der Waals surface area contributed by atoms with E-state index in [2.05, 4.69) is 17.1 Å². The van der Waals surface area contributed by atoms with E-state index in [1.807, 2.05) is 33.7 Å². The molecule has 3 rings (SSSR count). The molecule has 2 heterocycles. The minimum Gasteiger partial charge on any atom is -0.310 e. The minimum atomic E-state index is 0.208. The van der Waals surface area contributed by atoms with Gasteiger partial charge in [-0.2, -0.15) is 0 Å². The van der Waals surface area contributed by atoms with Crippen molar-refractivity contribution in [1.29, 1.82) is 0 Å². The first kappa shape index (κ1) is 11.0. The van der Waals surface area contributed by atoms with E-state index in [-0.39, 0.29) is 5.91 Å². The molecule has 1 fully saturated rings. The maximum absolute atomic E-state index is 11.8. The number of amides is 1. The van der Waals surface area contributed by atoms with Crippen molar-refractivity contribution in [1.82, 2.24) is 14.8 Å². The van der Waals surface area contributed by atoms with Gasteiger partial charge in [-0.15, -0.1) is 10.2 Å². The van der Waals surface area contributed by atoms with E-state index in [4.69, 9.17) is 0 Å². The molecule has 5 nitrogen and oxygen atoms in total. The van der Waals surface area contributed by atoms with Crippen LogP contribution in [0.25, 0.3) is 5.69 Å². The van der Waals surface area contributed by atoms with Gasteiger partial charge in [0.25, 0.3) is 0 Å². The number of carbonyl (C=O) groups is 1. The number of rotatable bonds is 2. The van der Waals surface area contributed by atoms with Crippen LogP contribution in [0.3, 0.4) is 0 Å². The Morgan fingerprint density at radius 1 is 1.11 bits per heavy atom. The van der Waals surface area contributed by atoms with Crippen molar-refractivity contribution in [2.24, 2.45) is 0 Å². The zero-order valence-corrected chi connectivity index (χ0v) is 10.2. The Morgan fingerprint density at radius 2 is 1.72 bits per heavy atom. The topological polar surface area (TPSA) is 51.0 Å². The molecule has 0 saturated carbocycles. The van der Waals surface area contributed by atoms with E-state index in [1.165, 1.54) is 0 Å². The number of hydrogen-bond acceptors (Lipinski definition) is 3. The smallest absolute Gasteiger partial charge is 0.227 e. The molecule has 1 aliphatic rings. The fourth-order valence-electron chi connectivity index (χ4n) is 2.35. The molecule has 1 amide bonds. The lowest BCUT2D eigenvalue weighted by molar-refractivity contribution is -0.117. The Labute approximate surface area is 105 Å². The van der Waals surface area contributed by atoms with Crippen molar-refractivity contribution in [3.8, 4) is 5.69 Å². The van der Waals surface area contributed by atoms with Crippen LogP contribution in [0.15, 0.2) is 36.9 Å². The van der Waals surface area contributed by atoms with Crippen LogP contribution in [0.2, 0.25) is 0 Å². The summed E-state index contributed by atoms with van der Waals surface area (Å²) in [5.41, 5.74) is 1.95. The second-order valence-electron chi connectivity index (χ2n) is 4.54. The summed E-state index contributed by atoms with van der Waals surface area (Å²) in [6.07, 6.45) is 4.89. The second-order valence-corrected chi connectivity index (χ2v) is 4.54. The first-order valence-corrected chi connectivity index (χ1v) is 6.03. The summed E-state index contributed by atoms with van der Waals surface area (Å²) in [4.78, 5) is 13.7. The molecule has 1 atom stereocenters. The number of hydrogen-bond donors (Lipinski definition) is 0. The van der Waals surface area contributed by atoms with Gasteiger partial charge in [0.05, 0.1) is 0 Å². The molecule has 0 bridgehead atoms. The molecule has 1 saturated heterocycles. The van der Waals surface area contributed by atoms with Gasteiger partial charge in [0.15, 0.2) is 0 Å². The Bertz CT molecular complexity index is 547. The highest BCUT2D eigenvalue weighted by molar-refractivity contribution is 5.96. The largest absolute Gasteiger partial charge is 0.310 e. The highest BCUT2D eigenvalue weighted by Crippen LogP contribution is 2.26. The summed E-state index contributed by atoms with van der Waals surface area (Å²) in [5.74, 6) is 0.208. The lowest BCUT2D eigenvalue weighted by Crippen LogP contribution is -2.30. The first-order chi connectivity index (χ1) is 8.75. The zero-order chi connectivity index (χ0) is 12.5. The first-order valence-electron chi connectivity index (χ1n) is 6.03. The monoisotopic (exact) mass is 242 g/mol. The maximum atomic E-state index is 11.8. The molecule has 5 heteroatoms. The van der Waals surface area contributed by atoms with Crippen LogP contribution in [0.5, 0.6) is 0 Å². The summed E-state index contributed by atoms with van der Waals surface area (Å²) in [6.45, 7) is 2.08. The Balaban J connectivity index is 1.89. The minimum absolute atomic E-state index is 0.208. The normalized spacial score (nSPS) is 19.5. The summed E-state index contributed by atoms with van der Waals surface area (Å²) in [6, 6.07) is 8.16. The quantitative estimate of drug-likeness (QED) is 0.806. The third-order valence-corrected chi connectivity index (χ3v) is 3.33. The number of anilines is 1. The molecular formula is C13H14N4O. The van der Waals surface area contributed by atoms with Crippen LogP contribution in [0.4, 0.5) is 5.69 Å². The average Bonchev–Trinajstić information content (AvgIpc) is 3.01. The van der Waals surface area contributed by atoms with Crippen molar-refractivity contribution in [2.75, 3.05) is 4.90 Å². The molecule has 0 N–H and O–H groups in total. The van der Waals surface area contributed by atoms with Crippen LogP contribution in [0, 0.1) is 0 Å². The van der Waals surface area contributed by atoms with Crippen molar-refractivity contribution in [3.05, 3.63) is 36.9 Å². The van der Waals surface area contributed by atoms with Crippen LogP contribution in [0.1, 0.15) is 19.8 Å². The van der Waals surface area contributed by atoms with E-state index >= 15 is 0 Å². The van der Waals surface area contributed by atoms with Crippen molar-refractivity contribution >= 4 is 11.6 Å². The number of carbonyl (C=O) groups excluding carboxylic acids is 1. The third kappa shape index (κ3) is 1.77. The predicted molar refractivity (Wildman–Crippen MR) is 67.5 cm³/mol. The Morgan fingerprint density at radius 3 is 2.28 bits per heavy atom. The molecule has 18 heavy (non-hydrogen) atoms. The summed E-state index contributed by atoms with van der Waals surface area (Å²) < 4.78 is 1.83. The lowest BCUT2D eigenvalue weighted by atomic mass is 10.2. The predicted octanol–water partition coefficient (Wildman–Crippen LogP) is 1.78. The Kier molecular flexibility index (Phi) is 2.59. The zero-order valence-electron chi connectivity index (χ0n) is 10.2. The molecule has 92 valence electrons. The SMILES string of the molecule is C[C@@H]1CCC(=O)N1c1ccc(-n2cnnc2)cc1. The molecule has 0 radical (unpaired) electrons. The highest BCUT2D eigenvalue weighted by atomic mass is 16.2. The molecule has 1 aromatic heterocycles. The highest BCUT2D eigenvalue weighted by Gasteiger charge is 2.28. The average molecular weight is 242 g/mol.